The number of nitrogens with zero attached hydrogens (tertiary/aromatic N) is 3. The van der Waals surface area contributed by atoms with Gasteiger partial charge in [0.2, 0.25) is 5.91 Å². The fourth-order valence-electron chi connectivity index (χ4n) is 6.09. The average molecular weight is 523 g/mol. The van der Waals surface area contributed by atoms with E-state index in [2.05, 4.69) is 15.3 Å². The number of alkyl halides is 3. The van der Waals surface area contributed by atoms with E-state index in [1.165, 1.54) is 18.3 Å². The summed E-state index contributed by atoms with van der Waals surface area (Å²) in [7, 11) is 0. The Kier molecular flexibility index (Phi) is 5.75. The summed E-state index contributed by atoms with van der Waals surface area (Å²) in [6.45, 7) is 5.53. The molecule has 1 N–H and O–H groups in total. The standard InChI is InChI=1S/C28H25F3N4O3/c1-3-35-25-20(23-21-12-38-13-22(21)24(23)27(35)37)8-16(10-33-25)19-9-18(11-32-14(19)2)34-26(36)15-5-4-6-17(7-15)28(29,30)31/h4-11,21-24H,3,12-13H2,1-2H3,(H,34,36)/t21-,22?,23+,24-/m0/s1. The van der Waals surface area contributed by atoms with Gasteiger partial charge in [0.15, 0.2) is 0 Å². The number of fused-ring (bicyclic) bond motifs is 6. The Labute approximate surface area is 217 Å². The van der Waals surface area contributed by atoms with Gasteiger partial charge in [0.05, 0.1) is 36.6 Å². The lowest BCUT2D eigenvalue weighted by atomic mass is 9.54. The highest BCUT2D eigenvalue weighted by Crippen LogP contribution is 2.60. The number of pyridine rings is 2. The van der Waals surface area contributed by atoms with Crippen LogP contribution in [0.5, 0.6) is 0 Å². The van der Waals surface area contributed by atoms with Gasteiger partial charge in [0.1, 0.15) is 5.82 Å². The second-order valence-electron chi connectivity index (χ2n) is 10.0. The van der Waals surface area contributed by atoms with Crippen LogP contribution in [0.25, 0.3) is 11.1 Å². The predicted molar refractivity (Wildman–Crippen MR) is 134 cm³/mol. The first-order valence-corrected chi connectivity index (χ1v) is 12.5. The van der Waals surface area contributed by atoms with E-state index in [0.29, 0.717) is 37.0 Å². The normalized spacial score (nSPS) is 23.8. The van der Waals surface area contributed by atoms with Crippen molar-refractivity contribution in [2.45, 2.75) is 25.9 Å². The minimum atomic E-state index is -4.55. The van der Waals surface area contributed by atoms with Crippen LogP contribution in [0.15, 0.2) is 48.8 Å². The van der Waals surface area contributed by atoms with Crippen molar-refractivity contribution in [3.8, 4) is 11.1 Å². The fraction of sp³-hybridized carbons (Fsp3) is 0.357. The van der Waals surface area contributed by atoms with Crippen molar-refractivity contribution in [2.24, 2.45) is 17.8 Å². The Hall–Kier alpha value is -3.79. The van der Waals surface area contributed by atoms with E-state index < -0.39 is 17.6 Å². The van der Waals surface area contributed by atoms with E-state index in [-0.39, 0.29) is 35.1 Å². The third-order valence-electron chi connectivity index (χ3n) is 7.97. The molecule has 4 heterocycles. The molecule has 1 saturated heterocycles. The summed E-state index contributed by atoms with van der Waals surface area (Å²) in [5, 5.41) is 2.66. The molecular formula is C28H25F3N4O3. The quantitative estimate of drug-likeness (QED) is 0.518. The van der Waals surface area contributed by atoms with Crippen LogP contribution in [0.3, 0.4) is 0 Å². The first-order chi connectivity index (χ1) is 18.2. The van der Waals surface area contributed by atoms with Crippen LogP contribution in [0.4, 0.5) is 24.7 Å². The number of amides is 2. The molecule has 2 aliphatic heterocycles. The lowest BCUT2D eigenvalue weighted by Crippen LogP contribution is -2.57. The van der Waals surface area contributed by atoms with Gasteiger partial charge in [-0.05, 0) is 50.1 Å². The summed E-state index contributed by atoms with van der Waals surface area (Å²) in [6.07, 6.45) is -1.38. The monoisotopic (exact) mass is 522 g/mol. The van der Waals surface area contributed by atoms with Gasteiger partial charge >= 0.3 is 6.18 Å². The number of carbonyl (C=O) groups is 2. The number of rotatable bonds is 4. The number of halogens is 3. The van der Waals surface area contributed by atoms with Crippen LogP contribution in [0.2, 0.25) is 0 Å². The molecule has 0 spiro atoms. The van der Waals surface area contributed by atoms with E-state index in [0.717, 1.165) is 28.8 Å². The molecule has 1 saturated carbocycles. The zero-order chi connectivity index (χ0) is 26.8. The van der Waals surface area contributed by atoms with Gasteiger partial charge in [-0.3, -0.25) is 19.5 Å². The number of aryl methyl sites for hydroxylation is 1. The Morgan fingerprint density at radius 2 is 1.87 bits per heavy atom. The molecule has 7 nitrogen and oxygen atoms in total. The molecule has 196 valence electrons. The minimum Gasteiger partial charge on any atom is -0.381 e. The van der Waals surface area contributed by atoms with Crippen LogP contribution >= 0.6 is 0 Å². The molecule has 38 heavy (non-hydrogen) atoms. The summed E-state index contributed by atoms with van der Waals surface area (Å²) in [5.74, 6) is 0.577. The van der Waals surface area contributed by atoms with E-state index >= 15 is 0 Å². The molecule has 2 fully saturated rings. The third-order valence-corrected chi connectivity index (χ3v) is 7.97. The van der Waals surface area contributed by atoms with E-state index in [1.54, 1.807) is 17.2 Å². The van der Waals surface area contributed by atoms with Crippen molar-refractivity contribution < 1.29 is 27.5 Å². The summed E-state index contributed by atoms with van der Waals surface area (Å²) in [4.78, 5) is 36.8. The van der Waals surface area contributed by atoms with Gasteiger partial charge in [-0.1, -0.05) is 6.07 Å². The van der Waals surface area contributed by atoms with Crippen molar-refractivity contribution in [2.75, 3.05) is 30.0 Å². The number of benzene rings is 1. The molecule has 0 radical (unpaired) electrons. The van der Waals surface area contributed by atoms with E-state index in [1.807, 2.05) is 19.9 Å². The van der Waals surface area contributed by atoms with Crippen molar-refractivity contribution in [1.29, 1.82) is 0 Å². The van der Waals surface area contributed by atoms with Crippen LogP contribution in [-0.4, -0.2) is 41.5 Å². The number of anilines is 2. The van der Waals surface area contributed by atoms with Gasteiger partial charge in [-0.15, -0.1) is 0 Å². The Balaban J connectivity index is 1.32. The second-order valence-corrected chi connectivity index (χ2v) is 10.0. The molecule has 4 atom stereocenters. The first-order valence-electron chi connectivity index (χ1n) is 12.5. The van der Waals surface area contributed by atoms with Crippen LogP contribution < -0.4 is 10.2 Å². The van der Waals surface area contributed by atoms with Crippen LogP contribution in [-0.2, 0) is 15.7 Å². The van der Waals surface area contributed by atoms with Crippen LogP contribution in [0.1, 0.15) is 40.0 Å². The Morgan fingerprint density at radius 1 is 1.11 bits per heavy atom. The van der Waals surface area contributed by atoms with Gasteiger partial charge < -0.3 is 10.1 Å². The lowest BCUT2D eigenvalue weighted by Gasteiger charge is -2.52. The number of ether oxygens (including phenoxy) is 1. The maximum Gasteiger partial charge on any atom is 0.416 e. The number of hydrogen-bond acceptors (Lipinski definition) is 5. The third kappa shape index (κ3) is 3.86. The Morgan fingerprint density at radius 3 is 2.61 bits per heavy atom. The highest BCUT2D eigenvalue weighted by Gasteiger charge is 2.60. The number of nitrogens with one attached hydrogen (secondary N) is 1. The molecular weight excluding hydrogens is 497 g/mol. The van der Waals surface area contributed by atoms with E-state index in [4.69, 9.17) is 4.74 Å². The molecule has 6 rings (SSSR count). The van der Waals surface area contributed by atoms with Crippen LogP contribution in [0, 0.1) is 24.7 Å². The molecule has 2 amide bonds. The maximum absolute atomic E-state index is 13.2. The number of carbonyl (C=O) groups excluding carboxylic acids is 2. The van der Waals surface area contributed by atoms with Crippen molar-refractivity contribution >= 4 is 23.3 Å². The molecule has 3 aliphatic rings. The Bertz CT molecular complexity index is 1460. The van der Waals surface area contributed by atoms with Crippen molar-refractivity contribution in [3.63, 3.8) is 0 Å². The zero-order valence-corrected chi connectivity index (χ0v) is 20.7. The highest BCUT2D eigenvalue weighted by atomic mass is 19.4. The molecule has 1 unspecified atom stereocenters. The second kappa shape index (κ2) is 8.90. The maximum atomic E-state index is 13.2. The minimum absolute atomic E-state index is 0.0531. The topological polar surface area (TPSA) is 84.4 Å². The fourth-order valence-corrected chi connectivity index (χ4v) is 6.09. The van der Waals surface area contributed by atoms with Gasteiger partial charge in [-0.25, -0.2) is 4.98 Å². The van der Waals surface area contributed by atoms with Crippen molar-refractivity contribution in [1.82, 2.24) is 9.97 Å². The highest BCUT2D eigenvalue weighted by molar-refractivity contribution is 6.04. The summed E-state index contributed by atoms with van der Waals surface area (Å²) >= 11 is 0. The summed E-state index contributed by atoms with van der Waals surface area (Å²) < 4.78 is 45.0. The zero-order valence-electron chi connectivity index (χ0n) is 20.7. The van der Waals surface area contributed by atoms with E-state index in [9.17, 15) is 22.8 Å². The predicted octanol–water partition coefficient (Wildman–Crippen LogP) is 5.07. The molecule has 3 aromatic rings. The lowest BCUT2D eigenvalue weighted by molar-refractivity contribution is -0.137. The smallest absolute Gasteiger partial charge is 0.381 e. The summed E-state index contributed by atoms with van der Waals surface area (Å²) in [6, 6.07) is 8.06. The molecule has 2 aromatic heterocycles. The number of aromatic nitrogens is 2. The van der Waals surface area contributed by atoms with Gasteiger partial charge in [-0.2, -0.15) is 13.2 Å². The van der Waals surface area contributed by atoms with Crippen molar-refractivity contribution in [3.05, 3.63) is 71.2 Å². The van der Waals surface area contributed by atoms with Gasteiger partial charge in [0.25, 0.3) is 5.91 Å². The average Bonchev–Trinajstić information content (AvgIpc) is 3.28. The molecule has 1 aliphatic carbocycles. The first kappa shape index (κ1) is 24.5. The summed E-state index contributed by atoms with van der Waals surface area (Å²) in [5.41, 5.74) is 2.59. The number of hydrogen-bond donors (Lipinski definition) is 1. The van der Waals surface area contributed by atoms with Gasteiger partial charge in [0, 0.05) is 52.5 Å². The SMILES string of the molecule is CCN1C(=O)[C@H]2C3COC[C@@H]3[C@H]2c2cc(-c3cc(NC(=O)c4cccc(C(F)(F)F)c4)cnc3C)cnc21. The molecule has 10 heteroatoms. The molecule has 1 aromatic carbocycles. The largest absolute Gasteiger partial charge is 0.416 e. The molecule has 0 bridgehead atoms.